The molecule has 1 aliphatic rings. The monoisotopic (exact) mass is 632 g/mol. The summed E-state index contributed by atoms with van der Waals surface area (Å²) < 4.78 is 2.07. The van der Waals surface area contributed by atoms with Gasteiger partial charge in [-0.05, 0) is 103 Å². The zero-order valence-electron chi connectivity index (χ0n) is 27.1. The maximum atomic E-state index is 14.5. The lowest BCUT2D eigenvalue weighted by Crippen LogP contribution is -2.31. The van der Waals surface area contributed by atoms with E-state index in [4.69, 9.17) is 0 Å². The fourth-order valence-corrected chi connectivity index (χ4v) is 7.54. The number of fused-ring (bicyclic) bond motifs is 4. The molecule has 8 rings (SSSR count). The molecule has 0 N–H and O–H groups in total. The summed E-state index contributed by atoms with van der Waals surface area (Å²) in [6, 6.07) is 41.1. The molecule has 0 bridgehead atoms. The van der Waals surface area contributed by atoms with E-state index in [0.717, 1.165) is 60.8 Å². The SMILES string of the molecule is Cc1cc(C)c(N2C(=O)c3cccc(-n4c5cccc(-c6cccc(C#N)c6)c5c5c(-c6cccc(C#N)c6)cccc54)c3C2=O)c(C)c1. The lowest BCUT2D eigenvalue weighted by molar-refractivity contribution is 0.0925. The first-order valence-electron chi connectivity index (χ1n) is 16.0. The third-order valence-corrected chi connectivity index (χ3v) is 9.41. The molecule has 7 aromatic rings. The predicted molar refractivity (Wildman–Crippen MR) is 193 cm³/mol. The van der Waals surface area contributed by atoms with Gasteiger partial charge < -0.3 is 4.57 Å². The largest absolute Gasteiger partial charge is 0.308 e. The smallest absolute Gasteiger partial charge is 0.268 e. The standard InChI is InChI=1S/C43H28N4O2/c1-25-19-26(2)41(27(3)20-25)47-42(48)34-15-8-18-37(40(34)43(47)49)46-35-16-6-13-32(30-11-4-9-28(21-30)23-44)38(35)39-33(14-7-17-36(39)46)31-12-5-10-29(22-31)24-45/h4-22H,1-3H3. The maximum absolute atomic E-state index is 14.5. The Labute approximate surface area is 283 Å². The van der Waals surface area contributed by atoms with Crippen LogP contribution < -0.4 is 4.90 Å². The maximum Gasteiger partial charge on any atom is 0.268 e. The van der Waals surface area contributed by atoms with Crippen LogP contribution in [0.25, 0.3) is 49.7 Å². The molecule has 0 radical (unpaired) electrons. The van der Waals surface area contributed by atoms with Crippen LogP contribution in [0.15, 0.2) is 115 Å². The summed E-state index contributed by atoms with van der Waals surface area (Å²) in [7, 11) is 0. The number of amides is 2. The van der Waals surface area contributed by atoms with Gasteiger partial charge in [0, 0.05) is 10.8 Å². The van der Waals surface area contributed by atoms with E-state index in [2.05, 4.69) is 16.7 Å². The Morgan fingerprint density at radius 2 is 1.04 bits per heavy atom. The topological polar surface area (TPSA) is 89.9 Å². The molecule has 1 aliphatic heterocycles. The summed E-state index contributed by atoms with van der Waals surface area (Å²) in [6.45, 7) is 5.86. The van der Waals surface area contributed by atoms with Crippen LogP contribution in [0, 0.1) is 43.4 Å². The highest BCUT2D eigenvalue weighted by atomic mass is 16.2. The summed E-state index contributed by atoms with van der Waals surface area (Å²) in [5.41, 5.74) is 11.1. The Balaban J connectivity index is 1.47. The van der Waals surface area contributed by atoms with Crippen molar-refractivity contribution in [3.63, 3.8) is 0 Å². The average molecular weight is 633 g/mol. The number of hydrogen-bond donors (Lipinski definition) is 0. The summed E-state index contributed by atoms with van der Waals surface area (Å²) in [5.74, 6) is -0.711. The van der Waals surface area contributed by atoms with Crippen LogP contribution in [0.5, 0.6) is 0 Å². The lowest BCUT2D eigenvalue weighted by Gasteiger charge is -2.20. The Hall–Kier alpha value is -6.76. The van der Waals surface area contributed by atoms with Crippen molar-refractivity contribution in [2.45, 2.75) is 20.8 Å². The van der Waals surface area contributed by atoms with Crippen molar-refractivity contribution >= 4 is 39.3 Å². The minimum atomic E-state index is -0.364. The first kappa shape index (κ1) is 29.6. The molecule has 2 amide bonds. The molecule has 0 fully saturated rings. The number of nitriles is 2. The predicted octanol–water partition coefficient (Wildman–Crippen LogP) is 9.59. The van der Waals surface area contributed by atoms with E-state index in [1.807, 2.05) is 118 Å². The summed E-state index contributed by atoms with van der Waals surface area (Å²) in [6.07, 6.45) is 0. The Morgan fingerprint density at radius 3 is 1.57 bits per heavy atom. The molecule has 0 saturated carbocycles. The van der Waals surface area contributed by atoms with Crippen molar-refractivity contribution in [1.82, 2.24) is 4.57 Å². The molecule has 0 saturated heterocycles. The molecule has 0 unspecified atom stereocenters. The normalized spacial score (nSPS) is 12.4. The number of aromatic nitrogens is 1. The van der Waals surface area contributed by atoms with E-state index in [1.54, 1.807) is 18.2 Å². The van der Waals surface area contributed by atoms with E-state index in [9.17, 15) is 20.1 Å². The summed E-state index contributed by atoms with van der Waals surface area (Å²) in [5, 5.41) is 21.3. The minimum absolute atomic E-state index is 0.347. The Morgan fingerprint density at radius 1 is 0.551 bits per heavy atom. The number of benzene rings is 6. The number of nitrogens with zero attached hydrogens (tertiary/aromatic N) is 4. The Kier molecular flexibility index (Phi) is 6.77. The first-order chi connectivity index (χ1) is 23.8. The number of anilines is 1. The highest BCUT2D eigenvalue weighted by Crippen LogP contribution is 2.45. The van der Waals surface area contributed by atoms with E-state index >= 15 is 0 Å². The molecular weight excluding hydrogens is 604 g/mol. The van der Waals surface area contributed by atoms with Gasteiger partial charge >= 0.3 is 0 Å². The first-order valence-corrected chi connectivity index (χ1v) is 16.0. The minimum Gasteiger partial charge on any atom is -0.308 e. The number of carbonyl (C=O) groups is 2. The van der Waals surface area contributed by atoms with Crippen LogP contribution in [-0.2, 0) is 0 Å². The fraction of sp³-hybridized carbons (Fsp3) is 0.0698. The van der Waals surface area contributed by atoms with Gasteiger partial charge in [0.1, 0.15) is 0 Å². The van der Waals surface area contributed by atoms with Crippen molar-refractivity contribution in [1.29, 1.82) is 10.5 Å². The molecule has 0 spiro atoms. The number of hydrogen-bond acceptors (Lipinski definition) is 4. The van der Waals surface area contributed by atoms with Crippen LogP contribution in [0.2, 0.25) is 0 Å². The van der Waals surface area contributed by atoms with Gasteiger partial charge in [-0.3, -0.25) is 9.59 Å². The van der Waals surface area contributed by atoms with Gasteiger partial charge in [-0.2, -0.15) is 10.5 Å². The number of rotatable bonds is 4. The van der Waals surface area contributed by atoms with Gasteiger partial charge in [-0.25, -0.2) is 4.90 Å². The molecule has 6 aromatic carbocycles. The average Bonchev–Trinajstić information content (AvgIpc) is 3.59. The van der Waals surface area contributed by atoms with Crippen LogP contribution in [-0.4, -0.2) is 16.4 Å². The van der Waals surface area contributed by atoms with Crippen molar-refractivity contribution in [3.05, 3.63) is 154 Å². The molecule has 6 heteroatoms. The van der Waals surface area contributed by atoms with Gasteiger partial charge in [-0.1, -0.05) is 72.3 Å². The fourth-order valence-electron chi connectivity index (χ4n) is 7.54. The molecule has 2 heterocycles. The second kappa shape index (κ2) is 11.2. The van der Waals surface area contributed by atoms with E-state index in [0.29, 0.717) is 33.6 Å². The number of aryl methyl sites for hydroxylation is 3. The second-order valence-corrected chi connectivity index (χ2v) is 12.5. The highest BCUT2D eigenvalue weighted by molar-refractivity contribution is 6.36. The van der Waals surface area contributed by atoms with Crippen LogP contribution in [0.1, 0.15) is 48.5 Å². The van der Waals surface area contributed by atoms with Crippen molar-refractivity contribution in [2.75, 3.05) is 4.90 Å². The summed E-state index contributed by atoms with van der Waals surface area (Å²) in [4.78, 5) is 29.9. The second-order valence-electron chi connectivity index (χ2n) is 12.5. The number of imide groups is 1. The third-order valence-electron chi connectivity index (χ3n) is 9.41. The van der Waals surface area contributed by atoms with E-state index < -0.39 is 0 Å². The third kappa shape index (κ3) is 4.47. The molecule has 1 aromatic heterocycles. The van der Waals surface area contributed by atoms with Crippen molar-refractivity contribution in [2.24, 2.45) is 0 Å². The van der Waals surface area contributed by atoms with Gasteiger partial charge in [0.25, 0.3) is 11.8 Å². The Bertz CT molecular complexity index is 2530. The molecule has 232 valence electrons. The van der Waals surface area contributed by atoms with Crippen LogP contribution in [0.3, 0.4) is 0 Å². The molecule has 6 nitrogen and oxygen atoms in total. The number of carbonyl (C=O) groups excluding carboxylic acids is 2. The van der Waals surface area contributed by atoms with Gasteiger partial charge in [-0.15, -0.1) is 0 Å². The van der Waals surface area contributed by atoms with E-state index in [-0.39, 0.29) is 11.8 Å². The quantitative estimate of drug-likeness (QED) is 0.181. The molecular formula is C43H28N4O2. The van der Waals surface area contributed by atoms with Crippen molar-refractivity contribution in [3.8, 4) is 40.1 Å². The molecule has 0 atom stereocenters. The van der Waals surface area contributed by atoms with Crippen molar-refractivity contribution < 1.29 is 9.59 Å². The zero-order chi connectivity index (χ0) is 34.0. The van der Waals surface area contributed by atoms with Gasteiger partial charge in [0.05, 0.1) is 56.8 Å². The van der Waals surface area contributed by atoms with Crippen LogP contribution >= 0.6 is 0 Å². The van der Waals surface area contributed by atoms with Gasteiger partial charge in [0.2, 0.25) is 0 Å². The van der Waals surface area contributed by atoms with Gasteiger partial charge in [0.15, 0.2) is 0 Å². The lowest BCUT2D eigenvalue weighted by atomic mass is 9.94. The molecule has 0 aliphatic carbocycles. The zero-order valence-corrected chi connectivity index (χ0v) is 27.1. The summed E-state index contributed by atoms with van der Waals surface area (Å²) >= 11 is 0. The van der Waals surface area contributed by atoms with E-state index in [1.165, 1.54) is 4.90 Å². The van der Waals surface area contributed by atoms with Crippen LogP contribution in [0.4, 0.5) is 5.69 Å². The highest BCUT2D eigenvalue weighted by Gasteiger charge is 2.40. The molecule has 49 heavy (non-hydrogen) atoms.